The largest absolute Gasteiger partial charge is 0.457 e. The van der Waals surface area contributed by atoms with E-state index in [0.717, 1.165) is 30.3 Å². The van der Waals surface area contributed by atoms with Gasteiger partial charge < -0.3 is 10.1 Å². The summed E-state index contributed by atoms with van der Waals surface area (Å²) in [7, 11) is 0. The molecule has 0 saturated heterocycles. The Kier molecular flexibility index (Phi) is 5.57. The molecule has 3 heteroatoms. The summed E-state index contributed by atoms with van der Waals surface area (Å²) >= 11 is 0. The minimum Gasteiger partial charge on any atom is -0.457 e. The highest BCUT2D eigenvalue weighted by atomic mass is 16.5. The van der Waals surface area contributed by atoms with E-state index < -0.39 is 0 Å². The first-order chi connectivity index (χ1) is 12.6. The maximum atomic E-state index is 5.96. The van der Waals surface area contributed by atoms with E-state index in [1.54, 1.807) is 6.20 Å². The molecule has 0 aliphatic heterocycles. The number of anilines is 1. The van der Waals surface area contributed by atoms with Gasteiger partial charge in [-0.2, -0.15) is 0 Å². The Morgan fingerprint density at radius 1 is 0.885 bits per heavy atom. The smallest absolute Gasteiger partial charge is 0.127 e. The van der Waals surface area contributed by atoms with Crippen LogP contribution >= 0.6 is 0 Å². The molecular formula is C23H26N2O. The van der Waals surface area contributed by atoms with Crippen molar-refractivity contribution in [3.63, 3.8) is 0 Å². The number of benzene rings is 2. The second-order valence-corrected chi connectivity index (χ2v) is 7.08. The summed E-state index contributed by atoms with van der Waals surface area (Å²) in [5, 5.41) is 3.30. The quantitative estimate of drug-likeness (QED) is 0.555. The van der Waals surface area contributed by atoms with Crippen LogP contribution < -0.4 is 10.1 Å². The first-order valence-electron chi connectivity index (χ1n) is 9.09. The van der Waals surface area contributed by atoms with Crippen molar-refractivity contribution in [1.82, 2.24) is 4.98 Å². The standard InChI is InChI=1S/C23H26N2O/c1-4-23(2,3)19-10-14-21(15-11-19)26-20-12-8-18(9-13-20)17-25-22-7-5-6-16-24-22/h5-16H,4,17H2,1-3H3,(H,24,25). The Bertz CT molecular complexity index is 809. The van der Waals surface area contributed by atoms with Crippen molar-refractivity contribution in [2.24, 2.45) is 0 Å². The molecule has 0 aliphatic rings. The van der Waals surface area contributed by atoms with Gasteiger partial charge in [0.05, 0.1) is 0 Å². The van der Waals surface area contributed by atoms with Crippen LogP contribution in [0.15, 0.2) is 72.9 Å². The molecule has 0 spiro atoms. The molecule has 3 nitrogen and oxygen atoms in total. The Hall–Kier alpha value is -2.81. The summed E-state index contributed by atoms with van der Waals surface area (Å²) < 4.78 is 5.96. The molecule has 0 atom stereocenters. The molecule has 2 aromatic carbocycles. The molecular weight excluding hydrogens is 320 g/mol. The summed E-state index contributed by atoms with van der Waals surface area (Å²) in [5.74, 6) is 2.58. The first-order valence-corrected chi connectivity index (χ1v) is 9.09. The Morgan fingerprint density at radius 3 is 2.12 bits per heavy atom. The third-order valence-electron chi connectivity index (χ3n) is 4.82. The number of rotatable bonds is 7. The highest BCUT2D eigenvalue weighted by molar-refractivity contribution is 5.38. The van der Waals surface area contributed by atoms with E-state index in [9.17, 15) is 0 Å². The number of nitrogens with zero attached hydrogens (tertiary/aromatic N) is 1. The van der Waals surface area contributed by atoms with Crippen LogP contribution in [0, 0.1) is 0 Å². The molecule has 26 heavy (non-hydrogen) atoms. The summed E-state index contributed by atoms with van der Waals surface area (Å²) in [6, 6.07) is 22.4. The molecule has 0 radical (unpaired) electrons. The van der Waals surface area contributed by atoms with Gasteiger partial charge in [-0.3, -0.25) is 0 Å². The summed E-state index contributed by atoms with van der Waals surface area (Å²) in [5.41, 5.74) is 2.71. The molecule has 1 aromatic heterocycles. The van der Waals surface area contributed by atoms with Crippen LogP contribution in [0.5, 0.6) is 11.5 Å². The van der Waals surface area contributed by atoms with Gasteiger partial charge in [0.25, 0.3) is 0 Å². The molecule has 1 heterocycles. The lowest BCUT2D eigenvalue weighted by Gasteiger charge is -2.23. The lowest BCUT2D eigenvalue weighted by Crippen LogP contribution is -2.14. The molecule has 0 bridgehead atoms. The monoisotopic (exact) mass is 346 g/mol. The Balaban J connectivity index is 1.59. The van der Waals surface area contributed by atoms with Crippen LogP contribution in [0.4, 0.5) is 5.82 Å². The van der Waals surface area contributed by atoms with Gasteiger partial charge in [-0.25, -0.2) is 4.98 Å². The third kappa shape index (κ3) is 4.63. The van der Waals surface area contributed by atoms with E-state index in [4.69, 9.17) is 4.74 Å². The summed E-state index contributed by atoms with van der Waals surface area (Å²) in [4.78, 5) is 4.26. The van der Waals surface area contributed by atoms with Crippen molar-refractivity contribution in [3.05, 3.63) is 84.1 Å². The van der Waals surface area contributed by atoms with Crippen molar-refractivity contribution in [2.45, 2.75) is 39.2 Å². The first kappa shape index (κ1) is 18.0. The van der Waals surface area contributed by atoms with Crippen LogP contribution in [0.1, 0.15) is 38.3 Å². The average molecular weight is 346 g/mol. The van der Waals surface area contributed by atoms with Crippen LogP contribution in [0.2, 0.25) is 0 Å². The number of hydrogen-bond donors (Lipinski definition) is 1. The minimum atomic E-state index is 0.195. The van der Waals surface area contributed by atoms with Crippen LogP contribution in [0.25, 0.3) is 0 Å². The van der Waals surface area contributed by atoms with Crippen molar-refractivity contribution < 1.29 is 4.74 Å². The molecule has 134 valence electrons. The Labute approximate surface area is 156 Å². The van der Waals surface area contributed by atoms with E-state index >= 15 is 0 Å². The van der Waals surface area contributed by atoms with Gasteiger partial charge in [-0.1, -0.05) is 51.1 Å². The maximum Gasteiger partial charge on any atom is 0.127 e. The van der Waals surface area contributed by atoms with E-state index in [-0.39, 0.29) is 5.41 Å². The fourth-order valence-electron chi connectivity index (χ4n) is 2.65. The molecule has 1 N–H and O–H groups in total. The molecule has 0 fully saturated rings. The zero-order chi connectivity index (χ0) is 18.4. The normalized spacial score (nSPS) is 11.2. The third-order valence-corrected chi connectivity index (χ3v) is 4.82. The molecule has 3 rings (SSSR count). The van der Waals surface area contributed by atoms with E-state index in [2.05, 4.69) is 55.3 Å². The van der Waals surface area contributed by atoms with Gasteiger partial charge in [0.15, 0.2) is 0 Å². The van der Waals surface area contributed by atoms with Crippen LogP contribution in [-0.4, -0.2) is 4.98 Å². The number of ether oxygens (including phenoxy) is 1. The number of aromatic nitrogens is 1. The van der Waals surface area contributed by atoms with Crippen molar-refractivity contribution in [1.29, 1.82) is 0 Å². The van der Waals surface area contributed by atoms with Crippen molar-refractivity contribution >= 4 is 5.82 Å². The van der Waals surface area contributed by atoms with Crippen molar-refractivity contribution in [3.8, 4) is 11.5 Å². The second-order valence-electron chi connectivity index (χ2n) is 7.08. The Morgan fingerprint density at radius 2 is 1.54 bits per heavy atom. The minimum absolute atomic E-state index is 0.195. The lowest BCUT2D eigenvalue weighted by atomic mass is 9.82. The SMILES string of the molecule is CCC(C)(C)c1ccc(Oc2ccc(CNc3ccccn3)cc2)cc1. The highest BCUT2D eigenvalue weighted by Crippen LogP contribution is 2.29. The van der Waals surface area contributed by atoms with E-state index in [1.165, 1.54) is 11.1 Å². The van der Waals surface area contributed by atoms with Gasteiger partial charge >= 0.3 is 0 Å². The van der Waals surface area contributed by atoms with E-state index in [1.807, 2.05) is 42.5 Å². The van der Waals surface area contributed by atoms with Gasteiger partial charge in [0.2, 0.25) is 0 Å². The predicted octanol–water partition coefficient (Wildman–Crippen LogP) is 6.17. The molecule has 0 saturated carbocycles. The van der Waals surface area contributed by atoms with Gasteiger partial charge in [-0.15, -0.1) is 0 Å². The molecule has 0 unspecified atom stereocenters. The molecule has 0 aliphatic carbocycles. The number of nitrogens with one attached hydrogen (secondary N) is 1. The highest BCUT2D eigenvalue weighted by Gasteiger charge is 2.17. The summed E-state index contributed by atoms with van der Waals surface area (Å²) in [6.07, 6.45) is 2.90. The van der Waals surface area contributed by atoms with Gasteiger partial charge in [0, 0.05) is 12.7 Å². The van der Waals surface area contributed by atoms with Gasteiger partial charge in [0.1, 0.15) is 17.3 Å². The summed E-state index contributed by atoms with van der Waals surface area (Å²) in [6.45, 7) is 7.48. The van der Waals surface area contributed by atoms with Crippen molar-refractivity contribution in [2.75, 3.05) is 5.32 Å². The van der Waals surface area contributed by atoms with Crippen LogP contribution in [-0.2, 0) is 12.0 Å². The zero-order valence-corrected chi connectivity index (χ0v) is 15.7. The maximum absolute atomic E-state index is 5.96. The van der Waals surface area contributed by atoms with Crippen LogP contribution in [0.3, 0.4) is 0 Å². The fraction of sp³-hybridized carbons (Fsp3) is 0.261. The van der Waals surface area contributed by atoms with Gasteiger partial charge in [-0.05, 0) is 59.4 Å². The molecule has 3 aromatic rings. The molecule has 0 amide bonds. The second kappa shape index (κ2) is 8.05. The topological polar surface area (TPSA) is 34.1 Å². The predicted molar refractivity (Wildman–Crippen MR) is 108 cm³/mol. The number of pyridine rings is 1. The zero-order valence-electron chi connectivity index (χ0n) is 15.7. The lowest BCUT2D eigenvalue weighted by molar-refractivity contribution is 0.478. The van der Waals surface area contributed by atoms with E-state index in [0.29, 0.717) is 0 Å². The fourth-order valence-corrected chi connectivity index (χ4v) is 2.65. The number of hydrogen-bond acceptors (Lipinski definition) is 3. The average Bonchev–Trinajstić information content (AvgIpc) is 2.69.